The number of nitrogens with zero attached hydrogens (tertiary/aromatic N) is 2. The van der Waals surface area contributed by atoms with E-state index >= 15 is 0 Å². The molecule has 4 unspecified atom stereocenters. The minimum atomic E-state index is -1.45. The number of carboxylic acids is 1. The quantitative estimate of drug-likeness (QED) is 0.0656. The molecule has 0 aliphatic carbocycles. The van der Waals surface area contributed by atoms with E-state index in [1.54, 1.807) is 13.8 Å². The van der Waals surface area contributed by atoms with Crippen molar-refractivity contribution in [2.75, 3.05) is 13.2 Å². The van der Waals surface area contributed by atoms with Gasteiger partial charge < -0.3 is 48.3 Å². The summed E-state index contributed by atoms with van der Waals surface area (Å²) in [7, 11) is 0. The third-order valence-electron chi connectivity index (χ3n) is 4.96. The highest BCUT2D eigenvalue weighted by molar-refractivity contribution is 5.94. The first-order chi connectivity index (χ1) is 16.5. The molecule has 1 aromatic rings. The van der Waals surface area contributed by atoms with Gasteiger partial charge in [0.1, 0.15) is 18.1 Å². The fourth-order valence-electron chi connectivity index (χ4n) is 2.99. The lowest BCUT2D eigenvalue weighted by Crippen LogP contribution is -2.59. The topological polar surface area (TPSA) is 264 Å². The van der Waals surface area contributed by atoms with Crippen LogP contribution < -0.4 is 33.2 Å². The molecule has 15 nitrogen and oxygen atoms in total. The van der Waals surface area contributed by atoms with Crippen molar-refractivity contribution in [2.45, 2.75) is 57.3 Å². The molecule has 1 heterocycles. The summed E-state index contributed by atoms with van der Waals surface area (Å²) in [5, 5.41) is 26.1. The fourth-order valence-corrected chi connectivity index (χ4v) is 2.99. The summed E-state index contributed by atoms with van der Waals surface area (Å²) in [6.45, 7) is 2.68. The number of amides is 3. The molecule has 0 bridgehead atoms. The highest BCUT2D eigenvalue weighted by Crippen LogP contribution is 2.04. The molecule has 4 atom stereocenters. The zero-order valence-corrected chi connectivity index (χ0v) is 19.7. The second-order valence-corrected chi connectivity index (χ2v) is 8.21. The summed E-state index contributed by atoms with van der Waals surface area (Å²) in [4.78, 5) is 59.8. The van der Waals surface area contributed by atoms with Gasteiger partial charge >= 0.3 is 5.97 Å². The van der Waals surface area contributed by atoms with Crippen LogP contribution in [-0.4, -0.2) is 87.2 Å². The van der Waals surface area contributed by atoms with Gasteiger partial charge in [-0.15, -0.1) is 0 Å². The number of aliphatic carboxylic acids is 1. The van der Waals surface area contributed by atoms with Crippen LogP contribution in [0.5, 0.6) is 0 Å². The van der Waals surface area contributed by atoms with Gasteiger partial charge in [-0.2, -0.15) is 0 Å². The molecule has 1 aromatic heterocycles. The molecule has 196 valence electrons. The van der Waals surface area contributed by atoms with Crippen molar-refractivity contribution in [2.24, 2.45) is 28.1 Å². The zero-order chi connectivity index (χ0) is 26.5. The van der Waals surface area contributed by atoms with Crippen LogP contribution in [0.25, 0.3) is 0 Å². The smallest absolute Gasteiger partial charge is 0.326 e. The number of aliphatic imine (C=N–C) groups is 1. The highest BCUT2D eigenvalue weighted by atomic mass is 16.4. The van der Waals surface area contributed by atoms with E-state index in [-0.39, 0.29) is 25.3 Å². The molecular formula is C20H35N9O6. The second kappa shape index (κ2) is 14.5. The first kappa shape index (κ1) is 29.3. The van der Waals surface area contributed by atoms with Crippen LogP contribution in [0.4, 0.5) is 0 Å². The molecular weight excluding hydrogens is 462 g/mol. The van der Waals surface area contributed by atoms with E-state index in [0.29, 0.717) is 12.1 Å². The van der Waals surface area contributed by atoms with Crippen molar-refractivity contribution < 1.29 is 29.4 Å². The molecule has 15 heteroatoms. The van der Waals surface area contributed by atoms with Gasteiger partial charge in [-0.3, -0.25) is 19.4 Å². The Balaban J connectivity index is 2.87. The second-order valence-electron chi connectivity index (χ2n) is 8.21. The minimum absolute atomic E-state index is 0.0121. The number of guanidine groups is 1. The number of nitrogens with two attached hydrogens (primary N) is 3. The third kappa shape index (κ3) is 10.4. The lowest BCUT2D eigenvalue weighted by atomic mass is 10.0. The maximum absolute atomic E-state index is 12.9. The Morgan fingerprint density at radius 2 is 1.71 bits per heavy atom. The predicted octanol–water partition coefficient (Wildman–Crippen LogP) is -3.48. The summed E-state index contributed by atoms with van der Waals surface area (Å²) in [5.41, 5.74) is 16.9. The number of imidazole rings is 1. The standard InChI is InChI=1S/C20H35N9O6/c1-10(2)15(19(34)35)29-18(33)14(8-30)28-17(32)13(6-11-7-24-9-26-11)27-16(31)12(21)4-3-5-25-20(22)23/h7,9-10,12-15,30H,3-6,8,21H2,1-2H3,(H,24,26)(H,27,31)(H,28,32)(H,29,33)(H,34,35)(H4,22,23,25). The predicted molar refractivity (Wildman–Crippen MR) is 126 cm³/mol. The number of carbonyl (C=O) groups is 4. The maximum Gasteiger partial charge on any atom is 0.326 e. The van der Waals surface area contributed by atoms with Gasteiger partial charge in [0.05, 0.1) is 19.0 Å². The van der Waals surface area contributed by atoms with Gasteiger partial charge in [0.15, 0.2) is 5.96 Å². The van der Waals surface area contributed by atoms with Gasteiger partial charge in [-0.25, -0.2) is 9.78 Å². The number of carbonyl (C=O) groups excluding carboxylic acids is 3. The molecule has 0 spiro atoms. The molecule has 0 aromatic carbocycles. The molecule has 0 fully saturated rings. The van der Waals surface area contributed by atoms with Crippen LogP contribution in [0.15, 0.2) is 17.5 Å². The molecule has 12 N–H and O–H groups in total. The SMILES string of the molecule is CC(C)C(NC(=O)C(CO)NC(=O)C(Cc1cnc[nH]1)NC(=O)C(N)CCCN=C(N)N)C(=O)O. The number of hydrogen-bond acceptors (Lipinski definition) is 8. The monoisotopic (exact) mass is 497 g/mol. The lowest BCUT2D eigenvalue weighted by molar-refractivity contribution is -0.143. The Labute approximate surface area is 202 Å². The zero-order valence-electron chi connectivity index (χ0n) is 19.7. The Bertz CT molecular complexity index is 870. The number of nitrogens with one attached hydrogen (secondary N) is 4. The Kier molecular flexibility index (Phi) is 12.2. The summed E-state index contributed by atoms with van der Waals surface area (Å²) < 4.78 is 0. The third-order valence-corrected chi connectivity index (χ3v) is 4.96. The summed E-state index contributed by atoms with van der Waals surface area (Å²) in [5.74, 6) is -4.06. The largest absolute Gasteiger partial charge is 0.480 e. The Hall–Kier alpha value is -3.72. The number of aliphatic hydroxyl groups excluding tert-OH is 1. The number of aromatic nitrogens is 2. The van der Waals surface area contributed by atoms with Crippen LogP contribution in [0.1, 0.15) is 32.4 Å². The molecule has 0 aliphatic heterocycles. The highest BCUT2D eigenvalue weighted by Gasteiger charge is 2.31. The minimum Gasteiger partial charge on any atom is -0.480 e. The van der Waals surface area contributed by atoms with Crippen molar-refractivity contribution in [1.29, 1.82) is 0 Å². The van der Waals surface area contributed by atoms with E-state index in [2.05, 4.69) is 30.9 Å². The fraction of sp³-hybridized carbons (Fsp3) is 0.600. The molecule has 0 radical (unpaired) electrons. The number of hydrogen-bond donors (Lipinski definition) is 9. The molecule has 35 heavy (non-hydrogen) atoms. The van der Waals surface area contributed by atoms with Crippen LogP contribution in [0.3, 0.4) is 0 Å². The normalized spacial score (nSPS) is 14.3. The van der Waals surface area contributed by atoms with E-state index in [1.165, 1.54) is 12.5 Å². The Morgan fingerprint density at radius 1 is 1.09 bits per heavy atom. The number of H-pyrrole nitrogens is 1. The first-order valence-corrected chi connectivity index (χ1v) is 11.0. The summed E-state index contributed by atoms with van der Waals surface area (Å²) >= 11 is 0. The number of carboxylic acid groups (broad SMARTS) is 1. The van der Waals surface area contributed by atoms with Gasteiger partial charge in [-0.05, 0) is 18.8 Å². The molecule has 0 saturated carbocycles. The van der Waals surface area contributed by atoms with Crippen molar-refractivity contribution in [3.05, 3.63) is 18.2 Å². The average molecular weight is 498 g/mol. The van der Waals surface area contributed by atoms with Crippen molar-refractivity contribution in [3.8, 4) is 0 Å². The number of aliphatic hydroxyl groups is 1. The molecule has 0 saturated heterocycles. The van der Waals surface area contributed by atoms with Crippen molar-refractivity contribution in [1.82, 2.24) is 25.9 Å². The first-order valence-electron chi connectivity index (χ1n) is 11.0. The number of rotatable bonds is 15. The molecule has 0 aliphatic rings. The lowest BCUT2D eigenvalue weighted by Gasteiger charge is -2.25. The van der Waals surface area contributed by atoms with E-state index in [9.17, 15) is 29.4 Å². The average Bonchev–Trinajstić information content (AvgIpc) is 3.30. The van der Waals surface area contributed by atoms with Gasteiger partial charge in [0, 0.05) is 24.9 Å². The van der Waals surface area contributed by atoms with Gasteiger partial charge in [0.2, 0.25) is 17.7 Å². The van der Waals surface area contributed by atoms with E-state index in [1.807, 2.05) is 0 Å². The van der Waals surface area contributed by atoms with Crippen LogP contribution in [0, 0.1) is 5.92 Å². The van der Waals surface area contributed by atoms with Crippen LogP contribution in [0.2, 0.25) is 0 Å². The van der Waals surface area contributed by atoms with E-state index < -0.39 is 60.4 Å². The summed E-state index contributed by atoms with van der Waals surface area (Å²) in [6, 6.07) is -4.79. The number of aromatic amines is 1. The van der Waals surface area contributed by atoms with Gasteiger partial charge in [0.25, 0.3) is 0 Å². The van der Waals surface area contributed by atoms with E-state index in [4.69, 9.17) is 17.2 Å². The van der Waals surface area contributed by atoms with Crippen LogP contribution >= 0.6 is 0 Å². The Morgan fingerprint density at radius 3 is 2.23 bits per heavy atom. The molecule has 1 rings (SSSR count). The van der Waals surface area contributed by atoms with Crippen molar-refractivity contribution in [3.63, 3.8) is 0 Å². The van der Waals surface area contributed by atoms with Gasteiger partial charge in [-0.1, -0.05) is 13.8 Å². The molecule has 3 amide bonds. The van der Waals surface area contributed by atoms with Crippen molar-refractivity contribution >= 4 is 29.7 Å². The summed E-state index contributed by atoms with van der Waals surface area (Å²) in [6.07, 6.45) is 3.51. The van der Waals surface area contributed by atoms with E-state index in [0.717, 1.165) is 0 Å². The maximum atomic E-state index is 12.9. The van der Waals surface area contributed by atoms with Crippen LogP contribution in [-0.2, 0) is 25.6 Å².